The number of imidazole rings is 1. The molecule has 2 aromatic rings. The fourth-order valence-electron chi connectivity index (χ4n) is 2.38. The van der Waals surface area contributed by atoms with Crippen LogP contribution in [0.2, 0.25) is 0 Å². The second-order valence-corrected chi connectivity index (χ2v) is 5.54. The predicted octanol–water partition coefficient (Wildman–Crippen LogP) is 4.70. The summed E-state index contributed by atoms with van der Waals surface area (Å²) in [5.74, 6) is 0.775. The lowest BCUT2D eigenvalue weighted by Gasteiger charge is -2.21. The first-order chi connectivity index (χ1) is 9.72. The van der Waals surface area contributed by atoms with Crippen LogP contribution in [0.4, 0.5) is 5.69 Å². The molecule has 3 heteroatoms. The second kappa shape index (κ2) is 7.13. The van der Waals surface area contributed by atoms with Gasteiger partial charge in [0, 0.05) is 11.7 Å². The number of rotatable bonds is 7. The van der Waals surface area contributed by atoms with E-state index in [9.17, 15) is 0 Å². The van der Waals surface area contributed by atoms with Crippen molar-refractivity contribution in [3.8, 4) is 11.3 Å². The third-order valence-corrected chi connectivity index (χ3v) is 3.94. The van der Waals surface area contributed by atoms with E-state index in [0.717, 1.165) is 18.0 Å². The zero-order valence-corrected chi connectivity index (χ0v) is 12.7. The standard InChI is InChI=1S/C17H25N3/c1-4-13(3)10-15(5-2)20-16-8-6-14(7-9-16)17-11-18-12-19-17/h6-9,11-13,15,20H,4-5,10H2,1-3H3,(H,18,19). The number of nitrogens with zero attached hydrogens (tertiary/aromatic N) is 1. The van der Waals surface area contributed by atoms with E-state index in [4.69, 9.17) is 0 Å². The molecule has 2 atom stereocenters. The molecular formula is C17H25N3. The molecule has 108 valence electrons. The lowest BCUT2D eigenvalue weighted by atomic mass is 9.97. The first kappa shape index (κ1) is 14.6. The summed E-state index contributed by atoms with van der Waals surface area (Å²) in [7, 11) is 0. The predicted molar refractivity (Wildman–Crippen MR) is 85.8 cm³/mol. The van der Waals surface area contributed by atoms with E-state index >= 15 is 0 Å². The lowest BCUT2D eigenvalue weighted by Crippen LogP contribution is -2.21. The van der Waals surface area contributed by atoms with E-state index in [-0.39, 0.29) is 0 Å². The van der Waals surface area contributed by atoms with Crippen molar-refractivity contribution in [2.45, 2.75) is 46.1 Å². The third kappa shape index (κ3) is 3.86. The zero-order valence-electron chi connectivity index (χ0n) is 12.7. The van der Waals surface area contributed by atoms with Gasteiger partial charge in [0.15, 0.2) is 0 Å². The Morgan fingerprint density at radius 1 is 1.15 bits per heavy atom. The van der Waals surface area contributed by atoms with Crippen molar-refractivity contribution in [3.05, 3.63) is 36.8 Å². The fourth-order valence-corrected chi connectivity index (χ4v) is 2.38. The maximum Gasteiger partial charge on any atom is 0.0924 e. The minimum absolute atomic E-state index is 0.558. The largest absolute Gasteiger partial charge is 0.382 e. The first-order valence-electron chi connectivity index (χ1n) is 7.58. The normalized spacial score (nSPS) is 13.9. The molecule has 0 spiro atoms. The molecule has 1 heterocycles. The highest BCUT2D eigenvalue weighted by Gasteiger charge is 2.10. The molecule has 0 aliphatic rings. The molecule has 0 radical (unpaired) electrons. The summed E-state index contributed by atoms with van der Waals surface area (Å²) in [5.41, 5.74) is 3.43. The van der Waals surface area contributed by atoms with Gasteiger partial charge in [-0.05, 0) is 36.5 Å². The highest BCUT2D eigenvalue weighted by molar-refractivity contribution is 5.62. The summed E-state index contributed by atoms with van der Waals surface area (Å²) in [6, 6.07) is 9.12. The Bertz CT molecular complexity index is 487. The van der Waals surface area contributed by atoms with E-state index < -0.39 is 0 Å². The molecule has 2 rings (SSSR count). The molecule has 0 fully saturated rings. The van der Waals surface area contributed by atoms with Crippen LogP contribution in [0.5, 0.6) is 0 Å². The maximum atomic E-state index is 4.05. The average Bonchev–Trinajstić information content (AvgIpc) is 3.01. The van der Waals surface area contributed by atoms with E-state index in [0.29, 0.717) is 6.04 Å². The molecule has 1 aromatic carbocycles. The Labute approximate surface area is 121 Å². The van der Waals surface area contributed by atoms with Gasteiger partial charge in [-0.3, -0.25) is 0 Å². The van der Waals surface area contributed by atoms with Crippen molar-refractivity contribution >= 4 is 5.69 Å². The lowest BCUT2D eigenvalue weighted by molar-refractivity contribution is 0.462. The number of hydrogen-bond acceptors (Lipinski definition) is 2. The van der Waals surface area contributed by atoms with Crippen LogP contribution in [0.1, 0.15) is 40.0 Å². The van der Waals surface area contributed by atoms with Gasteiger partial charge >= 0.3 is 0 Å². The summed E-state index contributed by atoms with van der Waals surface area (Å²) >= 11 is 0. The third-order valence-electron chi connectivity index (χ3n) is 3.94. The smallest absolute Gasteiger partial charge is 0.0924 e. The van der Waals surface area contributed by atoms with Gasteiger partial charge in [0.1, 0.15) is 0 Å². The van der Waals surface area contributed by atoms with Gasteiger partial charge in [0.05, 0.1) is 18.2 Å². The quantitative estimate of drug-likeness (QED) is 0.766. The van der Waals surface area contributed by atoms with Gasteiger partial charge in [0.2, 0.25) is 0 Å². The van der Waals surface area contributed by atoms with Crippen LogP contribution >= 0.6 is 0 Å². The van der Waals surface area contributed by atoms with E-state index in [2.05, 4.69) is 60.3 Å². The Morgan fingerprint density at radius 2 is 1.90 bits per heavy atom. The van der Waals surface area contributed by atoms with E-state index in [1.165, 1.54) is 24.1 Å². The van der Waals surface area contributed by atoms with Crippen molar-refractivity contribution < 1.29 is 0 Å². The molecule has 0 bridgehead atoms. The summed E-state index contributed by atoms with van der Waals surface area (Å²) in [4.78, 5) is 7.18. The van der Waals surface area contributed by atoms with Crippen molar-refractivity contribution in [1.82, 2.24) is 9.97 Å². The van der Waals surface area contributed by atoms with E-state index in [1.807, 2.05) is 6.20 Å². The fraction of sp³-hybridized carbons (Fsp3) is 0.471. The molecule has 2 N–H and O–H groups in total. The summed E-state index contributed by atoms with van der Waals surface area (Å²) in [5, 5.41) is 3.64. The van der Waals surface area contributed by atoms with Crippen LogP contribution < -0.4 is 5.32 Å². The van der Waals surface area contributed by atoms with Crippen LogP contribution in [0.15, 0.2) is 36.8 Å². The van der Waals surface area contributed by atoms with E-state index in [1.54, 1.807) is 6.33 Å². The average molecular weight is 271 g/mol. The molecule has 3 nitrogen and oxygen atoms in total. The van der Waals surface area contributed by atoms with Crippen LogP contribution in [-0.2, 0) is 0 Å². The molecule has 0 saturated carbocycles. The summed E-state index contributed by atoms with van der Waals surface area (Å²) < 4.78 is 0. The molecule has 0 aliphatic carbocycles. The van der Waals surface area contributed by atoms with Crippen LogP contribution in [0, 0.1) is 5.92 Å². The molecule has 0 aliphatic heterocycles. The zero-order chi connectivity index (χ0) is 14.4. The van der Waals surface area contributed by atoms with Crippen molar-refractivity contribution in [2.24, 2.45) is 5.92 Å². The van der Waals surface area contributed by atoms with Crippen molar-refractivity contribution in [2.75, 3.05) is 5.32 Å². The number of benzene rings is 1. The maximum absolute atomic E-state index is 4.05. The number of aromatic amines is 1. The molecule has 20 heavy (non-hydrogen) atoms. The van der Waals surface area contributed by atoms with Gasteiger partial charge in [-0.2, -0.15) is 0 Å². The van der Waals surface area contributed by atoms with Gasteiger partial charge in [-0.15, -0.1) is 0 Å². The topological polar surface area (TPSA) is 40.7 Å². The highest BCUT2D eigenvalue weighted by atomic mass is 14.9. The molecule has 2 unspecified atom stereocenters. The first-order valence-corrected chi connectivity index (χ1v) is 7.58. The van der Waals surface area contributed by atoms with Gasteiger partial charge in [-0.1, -0.05) is 39.3 Å². The number of hydrogen-bond donors (Lipinski definition) is 2. The van der Waals surface area contributed by atoms with Crippen LogP contribution in [-0.4, -0.2) is 16.0 Å². The Hall–Kier alpha value is -1.77. The SMILES string of the molecule is CCC(C)CC(CC)Nc1ccc(-c2cnc[nH]2)cc1. The molecular weight excluding hydrogens is 246 g/mol. The molecule has 0 saturated heterocycles. The van der Waals surface area contributed by atoms with Crippen molar-refractivity contribution in [1.29, 1.82) is 0 Å². The Kier molecular flexibility index (Phi) is 5.22. The number of nitrogens with one attached hydrogen (secondary N) is 2. The Balaban J connectivity index is 1.99. The minimum atomic E-state index is 0.558. The van der Waals surface area contributed by atoms with Gasteiger partial charge in [-0.25, -0.2) is 4.98 Å². The van der Waals surface area contributed by atoms with Gasteiger partial charge in [0.25, 0.3) is 0 Å². The van der Waals surface area contributed by atoms with Crippen molar-refractivity contribution in [3.63, 3.8) is 0 Å². The number of anilines is 1. The monoisotopic (exact) mass is 271 g/mol. The van der Waals surface area contributed by atoms with Gasteiger partial charge < -0.3 is 10.3 Å². The number of aromatic nitrogens is 2. The molecule has 0 amide bonds. The summed E-state index contributed by atoms with van der Waals surface area (Å²) in [6.45, 7) is 6.83. The number of H-pyrrole nitrogens is 1. The Morgan fingerprint density at radius 3 is 2.45 bits per heavy atom. The van der Waals surface area contributed by atoms with Crippen LogP contribution in [0.3, 0.4) is 0 Å². The minimum Gasteiger partial charge on any atom is -0.382 e. The second-order valence-electron chi connectivity index (χ2n) is 5.54. The highest BCUT2D eigenvalue weighted by Crippen LogP contribution is 2.21. The summed E-state index contributed by atoms with van der Waals surface area (Å²) in [6.07, 6.45) is 7.19. The van der Waals surface area contributed by atoms with Crippen LogP contribution in [0.25, 0.3) is 11.3 Å². The molecule has 1 aromatic heterocycles.